The van der Waals surface area contributed by atoms with Crippen molar-refractivity contribution in [3.05, 3.63) is 0 Å². The zero-order valence-electron chi connectivity index (χ0n) is 11.1. The summed E-state index contributed by atoms with van der Waals surface area (Å²) >= 11 is 0. The zero-order valence-corrected chi connectivity index (χ0v) is 11.1. The molecule has 2 atom stereocenters. The second kappa shape index (κ2) is 4.97. The van der Waals surface area contributed by atoms with Crippen LogP contribution < -0.4 is 0 Å². The highest BCUT2D eigenvalue weighted by atomic mass is 16.4. The Labute approximate surface area is 104 Å². The van der Waals surface area contributed by atoms with Crippen molar-refractivity contribution in [2.24, 2.45) is 5.41 Å². The van der Waals surface area contributed by atoms with Crippen LogP contribution in [0, 0.1) is 5.41 Å². The molecule has 17 heavy (non-hydrogen) atoms. The number of piperidine rings is 1. The number of aliphatic carboxylic acids is 1. The largest absolute Gasteiger partial charge is 0.481 e. The molecule has 0 aromatic heterocycles. The van der Waals surface area contributed by atoms with Crippen molar-refractivity contribution >= 4 is 5.97 Å². The van der Waals surface area contributed by atoms with Crippen LogP contribution in [-0.2, 0) is 4.79 Å². The second-order valence-corrected chi connectivity index (χ2v) is 6.06. The van der Waals surface area contributed by atoms with Gasteiger partial charge < -0.3 is 5.11 Å². The van der Waals surface area contributed by atoms with Crippen LogP contribution in [0.5, 0.6) is 0 Å². The minimum atomic E-state index is -0.568. The van der Waals surface area contributed by atoms with E-state index in [9.17, 15) is 9.90 Å². The Kier molecular flexibility index (Phi) is 3.76. The fourth-order valence-corrected chi connectivity index (χ4v) is 3.43. The Balaban J connectivity index is 1.90. The van der Waals surface area contributed by atoms with Gasteiger partial charge in [0.1, 0.15) is 0 Å². The molecule has 0 bridgehead atoms. The SMILES string of the molecule is CC1CCCC(C)N1CCC1(C(=O)O)CCC1. The monoisotopic (exact) mass is 239 g/mol. The molecule has 2 fully saturated rings. The molecule has 1 saturated carbocycles. The number of nitrogens with zero attached hydrogens (tertiary/aromatic N) is 1. The Morgan fingerprint density at radius 3 is 2.24 bits per heavy atom. The first kappa shape index (κ1) is 12.9. The number of hydrogen-bond acceptors (Lipinski definition) is 2. The van der Waals surface area contributed by atoms with Crippen molar-refractivity contribution in [1.82, 2.24) is 4.90 Å². The summed E-state index contributed by atoms with van der Waals surface area (Å²) in [4.78, 5) is 13.8. The lowest BCUT2D eigenvalue weighted by Crippen LogP contribution is -2.47. The van der Waals surface area contributed by atoms with Gasteiger partial charge in [0.05, 0.1) is 5.41 Å². The smallest absolute Gasteiger partial charge is 0.309 e. The summed E-state index contributed by atoms with van der Waals surface area (Å²) in [7, 11) is 0. The van der Waals surface area contributed by atoms with Gasteiger partial charge in [0.2, 0.25) is 0 Å². The van der Waals surface area contributed by atoms with Crippen LogP contribution in [0.1, 0.15) is 58.8 Å². The van der Waals surface area contributed by atoms with Crippen LogP contribution in [0.15, 0.2) is 0 Å². The maximum absolute atomic E-state index is 11.3. The van der Waals surface area contributed by atoms with Crippen molar-refractivity contribution in [3.63, 3.8) is 0 Å². The van der Waals surface area contributed by atoms with Crippen LogP contribution in [0.3, 0.4) is 0 Å². The highest BCUT2D eigenvalue weighted by molar-refractivity contribution is 5.75. The molecule has 2 rings (SSSR count). The third-order valence-corrected chi connectivity index (χ3v) is 4.99. The molecule has 1 aliphatic heterocycles. The van der Waals surface area contributed by atoms with E-state index in [1.807, 2.05) is 0 Å². The first-order valence-corrected chi connectivity index (χ1v) is 7.04. The van der Waals surface area contributed by atoms with Gasteiger partial charge in [-0.2, -0.15) is 0 Å². The fraction of sp³-hybridized carbons (Fsp3) is 0.929. The lowest BCUT2D eigenvalue weighted by Gasteiger charge is -2.43. The van der Waals surface area contributed by atoms with E-state index in [0.29, 0.717) is 12.1 Å². The van der Waals surface area contributed by atoms with Crippen molar-refractivity contribution in [3.8, 4) is 0 Å². The van der Waals surface area contributed by atoms with Gasteiger partial charge in [-0.15, -0.1) is 0 Å². The van der Waals surface area contributed by atoms with Gasteiger partial charge in [-0.1, -0.05) is 12.8 Å². The third kappa shape index (κ3) is 2.49. The first-order chi connectivity index (χ1) is 8.05. The van der Waals surface area contributed by atoms with E-state index in [-0.39, 0.29) is 5.41 Å². The molecule has 1 heterocycles. The van der Waals surface area contributed by atoms with Gasteiger partial charge in [0.25, 0.3) is 0 Å². The van der Waals surface area contributed by atoms with E-state index < -0.39 is 5.97 Å². The summed E-state index contributed by atoms with van der Waals surface area (Å²) in [6.45, 7) is 5.53. The molecule has 0 radical (unpaired) electrons. The standard InChI is InChI=1S/C14H25NO2/c1-11-5-3-6-12(2)15(11)10-9-14(13(16)17)7-4-8-14/h11-12H,3-10H2,1-2H3,(H,16,17). The average molecular weight is 239 g/mol. The summed E-state index contributed by atoms with van der Waals surface area (Å²) < 4.78 is 0. The van der Waals surface area contributed by atoms with E-state index in [2.05, 4.69) is 18.7 Å². The van der Waals surface area contributed by atoms with Gasteiger partial charge in [-0.05, 0) is 52.5 Å². The number of carbonyl (C=O) groups is 1. The lowest BCUT2D eigenvalue weighted by atomic mass is 9.66. The summed E-state index contributed by atoms with van der Waals surface area (Å²) in [5.41, 5.74) is -0.378. The normalized spacial score (nSPS) is 33.1. The fourth-order valence-electron chi connectivity index (χ4n) is 3.43. The van der Waals surface area contributed by atoms with Crippen LogP contribution in [-0.4, -0.2) is 34.6 Å². The highest BCUT2D eigenvalue weighted by Crippen LogP contribution is 2.44. The Morgan fingerprint density at radius 1 is 1.24 bits per heavy atom. The van der Waals surface area contributed by atoms with Crippen molar-refractivity contribution in [2.75, 3.05) is 6.54 Å². The third-order valence-electron chi connectivity index (χ3n) is 4.99. The molecule has 98 valence electrons. The predicted octanol–water partition coefficient (Wildman–Crippen LogP) is 2.89. The van der Waals surface area contributed by atoms with Gasteiger partial charge in [-0.25, -0.2) is 0 Å². The lowest BCUT2D eigenvalue weighted by molar-refractivity contribution is -0.155. The first-order valence-electron chi connectivity index (χ1n) is 7.04. The second-order valence-electron chi connectivity index (χ2n) is 6.06. The number of hydrogen-bond donors (Lipinski definition) is 1. The van der Waals surface area contributed by atoms with Crippen LogP contribution in [0.25, 0.3) is 0 Å². The van der Waals surface area contributed by atoms with Crippen LogP contribution in [0.2, 0.25) is 0 Å². The van der Waals surface area contributed by atoms with E-state index in [1.54, 1.807) is 0 Å². The summed E-state index contributed by atoms with van der Waals surface area (Å²) in [6.07, 6.45) is 7.57. The van der Waals surface area contributed by atoms with E-state index >= 15 is 0 Å². The Hall–Kier alpha value is -0.570. The topological polar surface area (TPSA) is 40.5 Å². The van der Waals surface area contributed by atoms with Gasteiger partial charge in [0.15, 0.2) is 0 Å². The van der Waals surface area contributed by atoms with Crippen LogP contribution in [0.4, 0.5) is 0 Å². The van der Waals surface area contributed by atoms with Gasteiger partial charge in [-0.3, -0.25) is 9.69 Å². The van der Waals surface area contributed by atoms with Crippen molar-refractivity contribution < 1.29 is 9.90 Å². The van der Waals surface area contributed by atoms with Crippen molar-refractivity contribution in [1.29, 1.82) is 0 Å². The number of rotatable bonds is 4. The molecular formula is C14H25NO2. The maximum Gasteiger partial charge on any atom is 0.309 e. The number of carboxylic acid groups (broad SMARTS) is 1. The van der Waals surface area contributed by atoms with E-state index in [4.69, 9.17) is 0 Å². The van der Waals surface area contributed by atoms with Crippen molar-refractivity contribution in [2.45, 2.75) is 70.9 Å². The molecule has 0 spiro atoms. The maximum atomic E-state index is 11.3. The number of carboxylic acids is 1. The highest BCUT2D eigenvalue weighted by Gasteiger charge is 2.44. The average Bonchev–Trinajstić information content (AvgIpc) is 2.19. The molecule has 1 aliphatic carbocycles. The van der Waals surface area contributed by atoms with E-state index in [1.165, 1.54) is 19.3 Å². The Morgan fingerprint density at radius 2 is 1.82 bits per heavy atom. The molecule has 3 heteroatoms. The summed E-state index contributed by atoms with van der Waals surface area (Å²) in [5.74, 6) is -0.568. The summed E-state index contributed by atoms with van der Waals surface area (Å²) in [6, 6.07) is 1.26. The summed E-state index contributed by atoms with van der Waals surface area (Å²) in [5, 5.41) is 9.33. The molecule has 0 aromatic carbocycles. The minimum Gasteiger partial charge on any atom is -0.481 e. The molecule has 0 aromatic rings. The molecular weight excluding hydrogens is 214 g/mol. The van der Waals surface area contributed by atoms with Gasteiger partial charge in [0, 0.05) is 12.1 Å². The zero-order chi connectivity index (χ0) is 12.5. The molecule has 0 amide bonds. The molecule has 1 N–H and O–H groups in total. The Bertz CT molecular complexity index is 276. The predicted molar refractivity (Wildman–Crippen MR) is 68.0 cm³/mol. The molecule has 3 nitrogen and oxygen atoms in total. The van der Waals surface area contributed by atoms with Gasteiger partial charge >= 0.3 is 5.97 Å². The minimum absolute atomic E-state index is 0.378. The van der Waals surface area contributed by atoms with E-state index in [0.717, 1.165) is 32.2 Å². The molecule has 2 unspecified atom stereocenters. The quantitative estimate of drug-likeness (QED) is 0.820. The molecule has 1 saturated heterocycles. The van der Waals surface area contributed by atoms with Crippen LogP contribution >= 0.6 is 0 Å². The molecule has 2 aliphatic rings. The number of likely N-dealkylation sites (tertiary alicyclic amines) is 1.